The van der Waals surface area contributed by atoms with Crippen LogP contribution in [0.25, 0.3) is 0 Å². The maximum Gasteiger partial charge on any atom is 0.242 e. The number of ether oxygens (including phenoxy) is 1. The smallest absolute Gasteiger partial charge is 0.242 e. The summed E-state index contributed by atoms with van der Waals surface area (Å²) < 4.78 is 19.6. The second-order valence-corrected chi connectivity index (χ2v) is 10.4. The highest BCUT2D eigenvalue weighted by Crippen LogP contribution is 2.34. The van der Waals surface area contributed by atoms with Crippen LogP contribution in [-0.4, -0.2) is 47.9 Å². The van der Waals surface area contributed by atoms with Gasteiger partial charge in [0.25, 0.3) is 0 Å². The Hall–Kier alpha value is -3.19. The SMILES string of the molecule is CC[C@H](C)CN(CC(=O)N1CCc2sccc2[C@@H]1COc1cccc(F)c1)C(=O)Cc1ccccc1. The maximum absolute atomic E-state index is 13.7. The van der Waals surface area contributed by atoms with E-state index < -0.39 is 0 Å². The van der Waals surface area contributed by atoms with Gasteiger partial charge in [0, 0.05) is 24.0 Å². The fourth-order valence-corrected chi connectivity index (χ4v) is 5.43. The van der Waals surface area contributed by atoms with E-state index in [4.69, 9.17) is 4.74 Å². The standard InChI is InChI=1S/C29H33FN2O3S/c1-3-21(2)18-31(28(33)16-22-8-5-4-6-9-22)19-29(34)32-14-12-27-25(13-15-36-27)26(32)20-35-24-11-7-10-23(30)17-24/h4-11,13,15,17,21,26H,3,12,14,16,18-20H2,1-2H3/t21-,26-/m0/s1. The van der Waals surface area contributed by atoms with Crippen molar-refractivity contribution in [2.45, 2.75) is 39.2 Å². The van der Waals surface area contributed by atoms with Crippen molar-refractivity contribution < 1.29 is 18.7 Å². The normalized spacial score (nSPS) is 15.8. The van der Waals surface area contributed by atoms with E-state index >= 15 is 0 Å². The minimum absolute atomic E-state index is 0.0337. The fourth-order valence-electron chi connectivity index (χ4n) is 4.50. The molecule has 2 atom stereocenters. The Balaban J connectivity index is 1.50. The lowest BCUT2D eigenvalue weighted by molar-refractivity contribution is -0.143. The third-order valence-corrected chi connectivity index (χ3v) is 7.72. The number of carbonyl (C=O) groups excluding carboxylic acids is 2. The molecule has 1 aliphatic heterocycles. The van der Waals surface area contributed by atoms with Gasteiger partial charge in [-0.05, 0) is 47.0 Å². The number of hydrogen-bond acceptors (Lipinski definition) is 4. The van der Waals surface area contributed by atoms with Gasteiger partial charge in [-0.25, -0.2) is 4.39 Å². The van der Waals surface area contributed by atoms with Crippen LogP contribution in [0.5, 0.6) is 5.75 Å². The van der Waals surface area contributed by atoms with Crippen molar-refractivity contribution in [2.75, 3.05) is 26.2 Å². The van der Waals surface area contributed by atoms with Crippen LogP contribution in [0.1, 0.15) is 42.3 Å². The lowest BCUT2D eigenvalue weighted by Crippen LogP contribution is -2.48. The Bertz CT molecular complexity index is 1170. The summed E-state index contributed by atoms with van der Waals surface area (Å²) in [7, 11) is 0. The molecule has 0 fully saturated rings. The molecule has 2 heterocycles. The van der Waals surface area contributed by atoms with Crippen LogP contribution in [0.3, 0.4) is 0 Å². The lowest BCUT2D eigenvalue weighted by Gasteiger charge is -2.37. The van der Waals surface area contributed by atoms with E-state index in [9.17, 15) is 14.0 Å². The van der Waals surface area contributed by atoms with Gasteiger partial charge in [-0.1, -0.05) is 56.7 Å². The van der Waals surface area contributed by atoms with E-state index in [0.29, 0.717) is 18.8 Å². The van der Waals surface area contributed by atoms with E-state index in [2.05, 4.69) is 13.8 Å². The summed E-state index contributed by atoms with van der Waals surface area (Å²) in [6.07, 6.45) is 1.97. The molecule has 0 radical (unpaired) electrons. The summed E-state index contributed by atoms with van der Waals surface area (Å²) in [5.74, 6) is 0.216. The zero-order chi connectivity index (χ0) is 25.5. The van der Waals surface area contributed by atoms with E-state index in [1.54, 1.807) is 28.4 Å². The van der Waals surface area contributed by atoms with Crippen LogP contribution >= 0.6 is 11.3 Å². The molecule has 0 bridgehead atoms. The maximum atomic E-state index is 13.7. The third kappa shape index (κ3) is 6.52. The average Bonchev–Trinajstić information content (AvgIpc) is 3.36. The van der Waals surface area contributed by atoms with Gasteiger partial charge in [-0.15, -0.1) is 11.3 Å². The summed E-state index contributed by atoms with van der Waals surface area (Å²) in [6, 6.07) is 17.4. The van der Waals surface area contributed by atoms with Gasteiger partial charge >= 0.3 is 0 Å². The highest BCUT2D eigenvalue weighted by molar-refractivity contribution is 7.10. The van der Waals surface area contributed by atoms with Crippen molar-refractivity contribution in [1.29, 1.82) is 0 Å². The molecule has 3 aromatic rings. The predicted octanol–water partition coefficient (Wildman–Crippen LogP) is 5.51. The number of benzene rings is 2. The molecule has 0 saturated carbocycles. The molecule has 7 heteroatoms. The van der Waals surface area contributed by atoms with Gasteiger partial charge < -0.3 is 14.5 Å². The minimum atomic E-state index is -0.363. The van der Waals surface area contributed by atoms with Crippen LogP contribution in [-0.2, 0) is 22.4 Å². The summed E-state index contributed by atoms with van der Waals surface area (Å²) in [5.41, 5.74) is 2.01. The Morgan fingerprint density at radius 2 is 1.97 bits per heavy atom. The second-order valence-electron chi connectivity index (χ2n) is 9.37. The van der Waals surface area contributed by atoms with Gasteiger partial charge in [-0.3, -0.25) is 9.59 Å². The number of thiophene rings is 1. The fraction of sp³-hybridized carbons (Fsp3) is 0.379. The molecule has 36 heavy (non-hydrogen) atoms. The van der Waals surface area contributed by atoms with E-state index in [1.807, 2.05) is 46.7 Å². The monoisotopic (exact) mass is 508 g/mol. The average molecular weight is 509 g/mol. The highest BCUT2D eigenvalue weighted by atomic mass is 32.1. The molecule has 1 aliphatic rings. The Labute approximate surface area is 216 Å². The quantitative estimate of drug-likeness (QED) is 0.363. The molecule has 190 valence electrons. The first-order valence-corrected chi connectivity index (χ1v) is 13.4. The molecule has 0 spiro atoms. The van der Waals surface area contributed by atoms with Crippen molar-refractivity contribution in [2.24, 2.45) is 5.92 Å². The molecule has 0 unspecified atom stereocenters. The highest BCUT2D eigenvalue weighted by Gasteiger charge is 2.33. The van der Waals surface area contributed by atoms with Crippen molar-refractivity contribution in [3.05, 3.63) is 87.9 Å². The molecule has 0 N–H and O–H groups in total. The van der Waals surface area contributed by atoms with Crippen LogP contribution in [0.4, 0.5) is 4.39 Å². The number of amides is 2. The first-order valence-electron chi connectivity index (χ1n) is 12.5. The molecule has 2 amide bonds. The Kier molecular flexibility index (Phi) is 8.75. The van der Waals surface area contributed by atoms with Gasteiger partial charge in [0.05, 0.1) is 19.0 Å². The van der Waals surface area contributed by atoms with Crippen LogP contribution in [0, 0.1) is 11.7 Å². The van der Waals surface area contributed by atoms with Gasteiger partial charge in [0.2, 0.25) is 11.8 Å². The Morgan fingerprint density at radius 1 is 1.17 bits per heavy atom. The number of carbonyl (C=O) groups is 2. The summed E-state index contributed by atoms with van der Waals surface area (Å²) in [5, 5.41) is 2.03. The number of rotatable bonds is 10. The zero-order valence-corrected chi connectivity index (χ0v) is 21.7. The summed E-state index contributed by atoms with van der Waals surface area (Å²) in [4.78, 5) is 31.7. The number of hydrogen-bond donors (Lipinski definition) is 0. The molecular formula is C29H33FN2O3S. The van der Waals surface area contributed by atoms with Crippen LogP contribution in [0.2, 0.25) is 0 Å². The lowest BCUT2D eigenvalue weighted by atomic mass is 10.00. The third-order valence-electron chi connectivity index (χ3n) is 6.73. The van der Waals surface area contributed by atoms with E-state index in [0.717, 1.165) is 24.0 Å². The first-order chi connectivity index (χ1) is 17.4. The van der Waals surface area contributed by atoms with E-state index in [1.165, 1.54) is 17.0 Å². The Morgan fingerprint density at radius 3 is 2.72 bits per heavy atom. The molecule has 4 rings (SSSR count). The minimum Gasteiger partial charge on any atom is -0.491 e. The largest absolute Gasteiger partial charge is 0.491 e. The van der Waals surface area contributed by atoms with Crippen molar-refractivity contribution in [3.8, 4) is 5.75 Å². The molecular weight excluding hydrogens is 475 g/mol. The predicted molar refractivity (Wildman–Crippen MR) is 141 cm³/mol. The second kappa shape index (κ2) is 12.2. The summed E-state index contributed by atoms with van der Waals surface area (Å²) in [6.45, 7) is 5.55. The molecule has 0 saturated heterocycles. The topological polar surface area (TPSA) is 49.9 Å². The van der Waals surface area contributed by atoms with Gasteiger partial charge in [-0.2, -0.15) is 0 Å². The van der Waals surface area contributed by atoms with Crippen molar-refractivity contribution in [1.82, 2.24) is 9.80 Å². The van der Waals surface area contributed by atoms with Gasteiger partial charge in [0.15, 0.2) is 0 Å². The van der Waals surface area contributed by atoms with Crippen molar-refractivity contribution >= 4 is 23.2 Å². The van der Waals surface area contributed by atoms with Gasteiger partial charge in [0.1, 0.15) is 18.2 Å². The number of nitrogens with zero attached hydrogens (tertiary/aromatic N) is 2. The first kappa shape index (κ1) is 25.9. The molecule has 2 aromatic carbocycles. The van der Waals surface area contributed by atoms with Crippen LogP contribution < -0.4 is 4.74 Å². The number of fused-ring (bicyclic) bond motifs is 1. The van der Waals surface area contributed by atoms with Crippen molar-refractivity contribution in [3.63, 3.8) is 0 Å². The van der Waals surface area contributed by atoms with Crippen LogP contribution in [0.15, 0.2) is 66.0 Å². The molecule has 0 aliphatic carbocycles. The molecule has 5 nitrogen and oxygen atoms in total. The van der Waals surface area contributed by atoms with E-state index in [-0.39, 0.29) is 49.2 Å². The number of halogens is 1. The summed E-state index contributed by atoms with van der Waals surface area (Å²) >= 11 is 1.68. The zero-order valence-electron chi connectivity index (χ0n) is 20.9. The molecule has 1 aromatic heterocycles.